The van der Waals surface area contributed by atoms with E-state index >= 15 is 0 Å². The van der Waals surface area contributed by atoms with Crippen LogP contribution in [-0.4, -0.2) is 36.8 Å². The highest BCUT2D eigenvalue weighted by Gasteiger charge is 2.25. The summed E-state index contributed by atoms with van der Waals surface area (Å²) in [4.78, 5) is 12.9. The van der Waals surface area contributed by atoms with Gasteiger partial charge in [0.25, 0.3) is 5.91 Å². The molecular weight excluding hydrogens is 248 g/mol. The zero-order chi connectivity index (χ0) is 13.1. The number of β-amino-alcohol motifs (C(OH)–C–C–N with tert-alkyl or cyclic N) is 1. The van der Waals surface area contributed by atoms with E-state index in [-0.39, 0.29) is 17.9 Å². The number of amides is 1. The summed E-state index contributed by atoms with van der Waals surface area (Å²) in [5.74, 6) is 0.458. The van der Waals surface area contributed by atoms with Gasteiger partial charge in [-0.2, -0.15) is 0 Å². The van der Waals surface area contributed by atoms with Crippen molar-refractivity contribution in [3.63, 3.8) is 0 Å². The summed E-state index contributed by atoms with van der Waals surface area (Å²) in [7, 11) is 0. The van der Waals surface area contributed by atoms with Gasteiger partial charge in [-0.15, -0.1) is 11.3 Å². The maximum absolute atomic E-state index is 12.1. The number of rotatable bonds is 4. The second kappa shape index (κ2) is 5.82. The lowest BCUT2D eigenvalue weighted by Gasteiger charge is -2.14. The molecule has 1 saturated heterocycles. The number of aliphatic hydroxyl groups is 1. The van der Waals surface area contributed by atoms with Crippen LogP contribution in [0.25, 0.3) is 0 Å². The van der Waals surface area contributed by atoms with Gasteiger partial charge in [0, 0.05) is 25.6 Å². The summed E-state index contributed by atoms with van der Waals surface area (Å²) >= 11 is 1.48. The van der Waals surface area contributed by atoms with Crippen LogP contribution in [0.2, 0.25) is 0 Å². The summed E-state index contributed by atoms with van der Waals surface area (Å²) in [6, 6.07) is 2.01. The van der Waals surface area contributed by atoms with Crippen molar-refractivity contribution < 1.29 is 9.90 Å². The minimum absolute atomic E-state index is 0.0206. The van der Waals surface area contributed by atoms with E-state index in [9.17, 15) is 9.90 Å². The summed E-state index contributed by atoms with van der Waals surface area (Å²) in [5.41, 5.74) is 1.10. The van der Waals surface area contributed by atoms with Crippen molar-refractivity contribution in [2.24, 2.45) is 5.92 Å². The Kier molecular flexibility index (Phi) is 4.37. The minimum Gasteiger partial charge on any atom is -0.391 e. The predicted octanol–water partition coefficient (Wildman–Crippen LogP) is 1.18. The molecule has 5 heteroatoms. The lowest BCUT2D eigenvalue weighted by atomic mass is 10.0. The molecule has 0 aliphatic carbocycles. The number of hydrogen-bond donors (Lipinski definition) is 3. The zero-order valence-corrected chi connectivity index (χ0v) is 11.6. The maximum Gasteiger partial charge on any atom is 0.261 e. The number of carbonyl (C=O) groups is 1. The molecule has 100 valence electrons. The van der Waals surface area contributed by atoms with Gasteiger partial charge in [-0.25, -0.2) is 0 Å². The molecule has 4 nitrogen and oxygen atoms in total. The quantitative estimate of drug-likeness (QED) is 0.768. The molecule has 18 heavy (non-hydrogen) atoms. The molecule has 1 aromatic rings. The van der Waals surface area contributed by atoms with Crippen molar-refractivity contribution in [3.05, 3.63) is 21.9 Å². The summed E-state index contributed by atoms with van der Waals surface area (Å²) in [5, 5.41) is 17.7. The van der Waals surface area contributed by atoms with Gasteiger partial charge in [0.15, 0.2) is 0 Å². The van der Waals surface area contributed by atoms with Crippen LogP contribution in [0, 0.1) is 5.92 Å². The van der Waals surface area contributed by atoms with E-state index in [1.807, 2.05) is 11.4 Å². The number of hydrogen-bond acceptors (Lipinski definition) is 4. The number of thiophene rings is 1. The monoisotopic (exact) mass is 268 g/mol. The topological polar surface area (TPSA) is 61.4 Å². The standard InChI is InChI=1S/C13H20N2O2S/c1-8(2)10-3-4-18-12(10)13(17)15-6-9-5-14-7-11(9)16/h3-4,8-9,11,14,16H,5-7H2,1-2H3,(H,15,17). The molecule has 2 unspecified atom stereocenters. The van der Waals surface area contributed by atoms with Crippen LogP contribution in [-0.2, 0) is 0 Å². The number of aliphatic hydroxyl groups excluding tert-OH is 1. The average Bonchev–Trinajstić information content (AvgIpc) is 2.94. The molecule has 0 aromatic carbocycles. The van der Waals surface area contributed by atoms with Gasteiger partial charge in [-0.1, -0.05) is 13.8 Å². The molecule has 1 aromatic heterocycles. The van der Waals surface area contributed by atoms with E-state index < -0.39 is 0 Å². The van der Waals surface area contributed by atoms with Crippen LogP contribution in [0.5, 0.6) is 0 Å². The van der Waals surface area contributed by atoms with Gasteiger partial charge in [0.2, 0.25) is 0 Å². The van der Waals surface area contributed by atoms with Crippen molar-refractivity contribution in [1.82, 2.24) is 10.6 Å². The van der Waals surface area contributed by atoms with Gasteiger partial charge in [-0.3, -0.25) is 4.79 Å². The molecular formula is C13H20N2O2S. The Morgan fingerprint density at radius 2 is 2.39 bits per heavy atom. The van der Waals surface area contributed by atoms with Crippen molar-refractivity contribution in [1.29, 1.82) is 0 Å². The Labute approximate surface area is 111 Å². The van der Waals surface area contributed by atoms with Gasteiger partial charge in [0.05, 0.1) is 11.0 Å². The highest BCUT2D eigenvalue weighted by molar-refractivity contribution is 7.12. The third kappa shape index (κ3) is 2.91. The van der Waals surface area contributed by atoms with Crippen LogP contribution in [0.3, 0.4) is 0 Å². The van der Waals surface area contributed by atoms with Crippen LogP contribution < -0.4 is 10.6 Å². The van der Waals surface area contributed by atoms with Gasteiger partial charge >= 0.3 is 0 Å². The molecule has 0 radical (unpaired) electrons. The molecule has 2 heterocycles. The Morgan fingerprint density at radius 3 is 3.00 bits per heavy atom. The van der Waals surface area contributed by atoms with Crippen LogP contribution in [0.1, 0.15) is 35.0 Å². The molecule has 2 atom stereocenters. The Morgan fingerprint density at radius 1 is 1.61 bits per heavy atom. The average molecular weight is 268 g/mol. The first-order valence-corrected chi connectivity index (χ1v) is 7.22. The maximum atomic E-state index is 12.1. The Hall–Kier alpha value is -0.910. The van der Waals surface area contributed by atoms with Gasteiger partial charge in [-0.05, 0) is 22.9 Å². The summed E-state index contributed by atoms with van der Waals surface area (Å²) in [6.45, 7) is 6.09. The minimum atomic E-state index is -0.349. The molecule has 2 rings (SSSR count). The van der Waals surface area contributed by atoms with E-state index in [1.165, 1.54) is 11.3 Å². The molecule has 1 fully saturated rings. The first-order valence-electron chi connectivity index (χ1n) is 6.34. The molecule has 1 aliphatic rings. The largest absolute Gasteiger partial charge is 0.391 e. The van der Waals surface area contributed by atoms with Gasteiger partial charge < -0.3 is 15.7 Å². The third-order valence-corrected chi connectivity index (χ3v) is 4.28. The predicted molar refractivity (Wildman–Crippen MR) is 73.1 cm³/mol. The van der Waals surface area contributed by atoms with E-state index in [1.54, 1.807) is 0 Å². The highest BCUT2D eigenvalue weighted by atomic mass is 32.1. The lowest BCUT2D eigenvalue weighted by Crippen LogP contribution is -2.34. The Bertz CT molecular complexity index is 417. The van der Waals surface area contributed by atoms with Crippen molar-refractivity contribution >= 4 is 17.2 Å². The van der Waals surface area contributed by atoms with Crippen molar-refractivity contribution in [3.8, 4) is 0 Å². The number of nitrogens with one attached hydrogen (secondary N) is 2. The zero-order valence-electron chi connectivity index (χ0n) is 10.8. The lowest BCUT2D eigenvalue weighted by molar-refractivity contribution is 0.0930. The SMILES string of the molecule is CC(C)c1ccsc1C(=O)NCC1CNCC1O. The molecule has 1 amide bonds. The van der Waals surface area contributed by atoms with Crippen LogP contribution in [0.15, 0.2) is 11.4 Å². The normalized spacial score (nSPS) is 23.6. The summed E-state index contributed by atoms with van der Waals surface area (Å²) in [6.07, 6.45) is -0.349. The molecule has 0 bridgehead atoms. The number of carbonyl (C=O) groups excluding carboxylic acids is 1. The molecule has 1 aliphatic heterocycles. The second-order valence-corrected chi connectivity index (χ2v) is 5.97. The fraction of sp³-hybridized carbons (Fsp3) is 0.615. The Balaban J connectivity index is 1.93. The fourth-order valence-electron chi connectivity index (χ4n) is 2.19. The van der Waals surface area contributed by atoms with Gasteiger partial charge in [0.1, 0.15) is 0 Å². The third-order valence-electron chi connectivity index (χ3n) is 3.35. The van der Waals surface area contributed by atoms with Crippen molar-refractivity contribution in [2.75, 3.05) is 19.6 Å². The van der Waals surface area contributed by atoms with Crippen LogP contribution >= 0.6 is 11.3 Å². The van der Waals surface area contributed by atoms with E-state index in [0.717, 1.165) is 17.0 Å². The van der Waals surface area contributed by atoms with Crippen LogP contribution in [0.4, 0.5) is 0 Å². The van der Waals surface area contributed by atoms with E-state index in [0.29, 0.717) is 19.0 Å². The highest BCUT2D eigenvalue weighted by Crippen LogP contribution is 2.24. The fourth-order valence-corrected chi connectivity index (χ4v) is 3.16. The molecule has 3 N–H and O–H groups in total. The summed E-state index contributed by atoms with van der Waals surface area (Å²) < 4.78 is 0. The first kappa shape index (κ1) is 13.5. The van der Waals surface area contributed by atoms with E-state index in [2.05, 4.69) is 24.5 Å². The molecule has 0 spiro atoms. The smallest absolute Gasteiger partial charge is 0.261 e. The van der Waals surface area contributed by atoms with E-state index in [4.69, 9.17) is 0 Å². The van der Waals surface area contributed by atoms with Crippen molar-refractivity contribution in [2.45, 2.75) is 25.9 Å². The first-order chi connectivity index (χ1) is 8.59. The second-order valence-electron chi connectivity index (χ2n) is 5.06. The molecule has 0 saturated carbocycles.